The third-order valence-corrected chi connectivity index (χ3v) is 5.37. The molecule has 0 saturated carbocycles. The minimum Gasteiger partial charge on any atom is -0.495 e. The third kappa shape index (κ3) is 2.89. The zero-order valence-corrected chi connectivity index (χ0v) is 12.5. The number of anilines is 1. The van der Waals surface area contributed by atoms with Crippen LogP contribution < -0.4 is 10.5 Å². The van der Waals surface area contributed by atoms with Crippen molar-refractivity contribution < 1.29 is 17.9 Å². The third-order valence-electron chi connectivity index (χ3n) is 3.51. The van der Waals surface area contributed by atoms with Crippen LogP contribution in [0.3, 0.4) is 0 Å². The topological polar surface area (TPSA) is 81.9 Å². The fraction of sp³-hybridized carbons (Fsp3) is 0.538. The SMILES string of the molecule is COc1ccc(S(=O)(=O)N2CCCC(OC)C2)cc1N. The van der Waals surface area contributed by atoms with Crippen LogP contribution in [0.5, 0.6) is 5.75 Å². The summed E-state index contributed by atoms with van der Waals surface area (Å²) in [5.41, 5.74) is 6.09. The molecule has 0 aromatic heterocycles. The molecule has 0 amide bonds. The minimum atomic E-state index is -3.53. The lowest BCUT2D eigenvalue weighted by Gasteiger charge is -2.31. The van der Waals surface area contributed by atoms with Crippen molar-refractivity contribution in [3.05, 3.63) is 18.2 Å². The maximum atomic E-state index is 12.6. The molecule has 7 heteroatoms. The second kappa shape index (κ2) is 5.99. The largest absolute Gasteiger partial charge is 0.495 e. The number of sulfonamides is 1. The molecule has 1 aromatic rings. The Morgan fingerprint density at radius 2 is 2.10 bits per heavy atom. The van der Waals surface area contributed by atoms with Gasteiger partial charge in [-0.2, -0.15) is 4.31 Å². The van der Waals surface area contributed by atoms with Gasteiger partial charge in [0, 0.05) is 20.2 Å². The second-order valence-electron chi connectivity index (χ2n) is 4.77. The summed E-state index contributed by atoms with van der Waals surface area (Å²) in [7, 11) is -0.438. The van der Waals surface area contributed by atoms with E-state index in [-0.39, 0.29) is 11.0 Å². The van der Waals surface area contributed by atoms with Crippen molar-refractivity contribution in [2.24, 2.45) is 0 Å². The van der Waals surface area contributed by atoms with Crippen LogP contribution in [0.15, 0.2) is 23.1 Å². The Hall–Kier alpha value is -1.31. The van der Waals surface area contributed by atoms with Gasteiger partial charge in [0.05, 0.1) is 23.8 Å². The summed E-state index contributed by atoms with van der Waals surface area (Å²) in [6.45, 7) is 0.888. The molecule has 0 bridgehead atoms. The van der Waals surface area contributed by atoms with E-state index in [1.807, 2.05) is 0 Å². The zero-order valence-electron chi connectivity index (χ0n) is 11.7. The number of piperidine rings is 1. The van der Waals surface area contributed by atoms with Crippen LogP contribution in [0, 0.1) is 0 Å². The zero-order chi connectivity index (χ0) is 14.8. The molecule has 1 aromatic carbocycles. The van der Waals surface area contributed by atoms with Crippen LogP contribution in [0.1, 0.15) is 12.8 Å². The van der Waals surface area contributed by atoms with Gasteiger partial charge in [-0.3, -0.25) is 0 Å². The molecule has 0 aliphatic carbocycles. The van der Waals surface area contributed by atoms with Crippen molar-refractivity contribution >= 4 is 15.7 Å². The summed E-state index contributed by atoms with van der Waals surface area (Å²) in [6, 6.07) is 4.52. The fourth-order valence-electron chi connectivity index (χ4n) is 2.34. The molecule has 2 N–H and O–H groups in total. The highest BCUT2D eigenvalue weighted by molar-refractivity contribution is 7.89. The molecule has 0 spiro atoms. The van der Waals surface area contributed by atoms with E-state index in [4.69, 9.17) is 15.2 Å². The number of nitrogens with two attached hydrogens (primary N) is 1. The first-order valence-electron chi connectivity index (χ1n) is 6.45. The van der Waals surface area contributed by atoms with Gasteiger partial charge in [0.1, 0.15) is 5.75 Å². The van der Waals surface area contributed by atoms with Gasteiger partial charge >= 0.3 is 0 Å². The van der Waals surface area contributed by atoms with Gasteiger partial charge in [-0.1, -0.05) is 0 Å². The molecule has 1 aliphatic rings. The average molecular weight is 300 g/mol. The lowest BCUT2D eigenvalue weighted by Crippen LogP contribution is -2.42. The molecule has 2 rings (SSSR count). The first kappa shape index (κ1) is 15.1. The summed E-state index contributed by atoms with van der Waals surface area (Å²) in [6.07, 6.45) is 1.63. The lowest BCUT2D eigenvalue weighted by molar-refractivity contribution is 0.0572. The van der Waals surface area contributed by atoms with Gasteiger partial charge in [0.15, 0.2) is 0 Å². The number of nitrogen functional groups attached to an aromatic ring is 1. The van der Waals surface area contributed by atoms with Crippen molar-refractivity contribution in [2.75, 3.05) is 33.0 Å². The van der Waals surface area contributed by atoms with Crippen LogP contribution in [0.4, 0.5) is 5.69 Å². The molecule has 1 heterocycles. The Kier molecular flexibility index (Phi) is 4.52. The Balaban J connectivity index is 2.28. The van der Waals surface area contributed by atoms with Gasteiger partial charge in [0.25, 0.3) is 0 Å². The number of hydrogen-bond acceptors (Lipinski definition) is 5. The summed E-state index contributed by atoms with van der Waals surface area (Å²) in [5.74, 6) is 0.470. The predicted molar refractivity (Wildman–Crippen MR) is 76.2 cm³/mol. The fourth-order valence-corrected chi connectivity index (χ4v) is 3.88. The van der Waals surface area contributed by atoms with Gasteiger partial charge in [-0.05, 0) is 31.0 Å². The standard InChI is InChI=1S/C13H20N2O4S/c1-18-10-4-3-7-15(9-10)20(16,17)11-5-6-13(19-2)12(14)8-11/h5-6,8,10H,3-4,7,9,14H2,1-2H3. The molecule has 6 nitrogen and oxygen atoms in total. The number of benzene rings is 1. The second-order valence-corrected chi connectivity index (χ2v) is 6.70. The van der Waals surface area contributed by atoms with Crippen molar-refractivity contribution in [3.63, 3.8) is 0 Å². The van der Waals surface area contributed by atoms with E-state index in [1.54, 1.807) is 13.2 Å². The molecule has 112 valence electrons. The Morgan fingerprint density at radius 1 is 1.35 bits per heavy atom. The Morgan fingerprint density at radius 3 is 2.70 bits per heavy atom. The highest BCUT2D eigenvalue weighted by Crippen LogP contribution is 2.27. The van der Waals surface area contributed by atoms with Gasteiger partial charge < -0.3 is 15.2 Å². The first-order chi connectivity index (χ1) is 9.48. The molecule has 1 unspecified atom stereocenters. The average Bonchev–Trinajstić information content (AvgIpc) is 2.47. The van der Waals surface area contributed by atoms with E-state index in [1.165, 1.54) is 23.5 Å². The van der Waals surface area contributed by atoms with E-state index >= 15 is 0 Å². The molecule has 20 heavy (non-hydrogen) atoms. The molecular weight excluding hydrogens is 280 g/mol. The number of methoxy groups -OCH3 is 2. The maximum absolute atomic E-state index is 12.6. The molecule has 0 radical (unpaired) electrons. The monoisotopic (exact) mass is 300 g/mol. The summed E-state index contributed by atoms with van der Waals surface area (Å²) in [5, 5.41) is 0. The van der Waals surface area contributed by atoms with Gasteiger partial charge in [-0.25, -0.2) is 8.42 Å². The Bertz CT molecular complexity index is 574. The van der Waals surface area contributed by atoms with Crippen LogP contribution >= 0.6 is 0 Å². The minimum absolute atomic E-state index is 0.0471. The van der Waals surface area contributed by atoms with E-state index in [0.29, 0.717) is 24.5 Å². The van der Waals surface area contributed by atoms with E-state index in [0.717, 1.165) is 12.8 Å². The van der Waals surface area contributed by atoms with Crippen LogP contribution in [-0.2, 0) is 14.8 Å². The molecular formula is C13H20N2O4S. The molecule has 1 saturated heterocycles. The highest BCUT2D eigenvalue weighted by atomic mass is 32.2. The van der Waals surface area contributed by atoms with Crippen LogP contribution in [-0.4, -0.2) is 46.1 Å². The summed E-state index contributed by atoms with van der Waals surface area (Å²) >= 11 is 0. The van der Waals surface area contributed by atoms with Crippen LogP contribution in [0.2, 0.25) is 0 Å². The molecule has 1 aliphatic heterocycles. The predicted octanol–water partition coefficient (Wildman–Crippen LogP) is 1.08. The maximum Gasteiger partial charge on any atom is 0.243 e. The van der Waals surface area contributed by atoms with E-state index < -0.39 is 10.0 Å². The number of nitrogens with zero attached hydrogens (tertiary/aromatic N) is 1. The number of ether oxygens (including phenoxy) is 2. The quantitative estimate of drug-likeness (QED) is 0.841. The molecule has 1 fully saturated rings. The Labute approximate surface area is 119 Å². The van der Waals surface area contributed by atoms with Crippen molar-refractivity contribution in [1.82, 2.24) is 4.31 Å². The highest BCUT2D eigenvalue weighted by Gasteiger charge is 2.30. The lowest BCUT2D eigenvalue weighted by atomic mass is 10.1. The normalized spacial score (nSPS) is 20.8. The smallest absolute Gasteiger partial charge is 0.243 e. The number of rotatable bonds is 4. The van der Waals surface area contributed by atoms with Gasteiger partial charge in [-0.15, -0.1) is 0 Å². The van der Waals surface area contributed by atoms with E-state index in [2.05, 4.69) is 0 Å². The molecule has 1 atom stereocenters. The van der Waals surface area contributed by atoms with Crippen LogP contribution in [0.25, 0.3) is 0 Å². The van der Waals surface area contributed by atoms with Crippen molar-refractivity contribution in [2.45, 2.75) is 23.8 Å². The number of hydrogen-bond donors (Lipinski definition) is 1. The van der Waals surface area contributed by atoms with E-state index in [9.17, 15) is 8.42 Å². The summed E-state index contributed by atoms with van der Waals surface area (Å²) < 4.78 is 36.9. The van der Waals surface area contributed by atoms with Gasteiger partial charge in [0.2, 0.25) is 10.0 Å². The first-order valence-corrected chi connectivity index (χ1v) is 7.89. The summed E-state index contributed by atoms with van der Waals surface area (Å²) in [4.78, 5) is 0.188. The van der Waals surface area contributed by atoms with Crippen molar-refractivity contribution in [3.8, 4) is 5.75 Å². The van der Waals surface area contributed by atoms with Crippen molar-refractivity contribution in [1.29, 1.82) is 0 Å².